The third-order valence-corrected chi connectivity index (χ3v) is 5.61. The van der Waals surface area contributed by atoms with Crippen molar-refractivity contribution in [3.8, 4) is 5.75 Å². The first-order valence-electron chi connectivity index (χ1n) is 8.09. The number of ether oxygens (including phenoxy) is 1. The van der Waals surface area contributed by atoms with Crippen LogP contribution in [0, 0.1) is 6.92 Å². The van der Waals surface area contributed by atoms with E-state index in [1.165, 1.54) is 23.2 Å². The number of thiophene rings is 1. The molecule has 4 rings (SSSR count). The molecule has 25 heavy (non-hydrogen) atoms. The molecule has 0 spiro atoms. The van der Waals surface area contributed by atoms with Gasteiger partial charge in [0.05, 0.1) is 11.9 Å². The highest BCUT2D eigenvalue weighted by Crippen LogP contribution is 2.33. The molecule has 1 atom stereocenters. The smallest absolute Gasteiger partial charge is 0.346 e. The lowest BCUT2D eigenvalue weighted by molar-refractivity contribution is 0.0701. The number of carboxylic acids is 1. The summed E-state index contributed by atoms with van der Waals surface area (Å²) < 4.78 is 6.04. The minimum Gasteiger partial charge on any atom is -0.488 e. The van der Waals surface area contributed by atoms with E-state index in [1.807, 2.05) is 18.2 Å². The summed E-state index contributed by atoms with van der Waals surface area (Å²) in [6.45, 7) is 2.41. The van der Waals surface area contributed by atoms with Crippen LogP contribution in [-0.2, 0) is 6.42 Å². The van der Waals surface area contributed by atoms with Crippen molar-refractivity contribution >= 4 is 33.3 Å². The van der Waals surface area contributed by atoms with Crippen LogP contribution in [0.2, 0.25) is 0 Å². The lowest BCUT2D eigenvalue weighted by atomic mass is 10.0. The zero-order valence-electron chi connectivity index (χ0n) is 13.7. The summed E-state index contributed by atoms with van der Waals surface area (Å²) in [7, 11) is 0. The van der Waals surface area contributed by atoms with Crippen LogP contribution in [0.15, 0.2) is 30.6 Å². The van der Waals surface area contributed by atoms with Crippen LogP contribution in [-0.4, -0.2) is 33.7 Å². The Labute approximate surface area is 148 Å². The van der Waals surface area contributed by atoms with Crippen LogP contribution in [0.25, 0.3) is 10.2 Å². The third-order valence-electron chi connectivity index (χ3n) is 4.42. The quantitative estimate of drug-likeness (QED) is 0.745. The minimum atomic E-state index is -0.932. The fraction of sp³-hybridized carbons (Fsp3) is 0.278. The normalized spacial score (nSPS) is 16.3. The van der Waals surface area contributed by atoms with Crippen molar-refractivity contribution in [2.24, 2.45) is 0 Å². The van der Waals surface area contributed by atoms with E-state index in [1.54, 1.807) is 6.92 Å². The first-order chi connectivity index (χ1) is 12.1. The maximum absolute atomic E-state index is 11.3. The van der Waals surface area contributed by atoms with E-state index in [9.17, 15) is 9.90 Å². The number of hydrogen-bond acceptors (Lipinski definition) is 6. The summed E-state index contributed by atoms with van der Waals surface area (Å²) in [5.41, 5.74) is 1.94. The van der Waals surface area contributed by atoms with Crippen LogP contribution in [0.5, 0.6) is 5.75 Å². The van der Waals surface area contributed by atoms with Crippen LogP contribution < -0.4 is 10.1 Å². The van der Waals surface area contributed by atoms with Crippen molar-refractivity contribution in [3.05, 3.63) is 46.6 Å². The Morgan fingerprint density at radius 1 is 1.40 bits per heavy atom. The summed E-state index contributed by atoms with van der Waals surface area (Å²) in [6.07, 6.45) is 3.44. The first-order valence-corrected chi connectivity index (χ1v) is 8.91. The standard InChI is InChI=1S/C18H17N3O3S/c1-10-14-16(20-9-21-17(14)25-15(10)18(22)23)19-8-12-7-6-11-4-2-3-5-13(11)24-12/h2-5,9,12H,6-8H2,1H3,(H,22,23)(H,19,20,21)/t12-/m1/s1. The van der Waals surface area contributed by atoms with Crippen LogP contribution in [0.3, 0.4) is 0 Å². The van der Waals surface area contributed by atoms with E-state index in [2.05, 4.69) is 21.4 Å². The highest BCUT2D eigenvalue weighted by Gasteiger charge is 2.21. The second-order valence-corrected chi connectivity index (χ2v) is 7.03. The summed E-state index contributed by atoms with van der Waals surface area (Å²) in [5.74, 6) is 0.667. The fourth-order valence-corrected chi connectivity index (χ4v) is 4.13. The van der Waals surface area contributed by atoms with Crippen molar-refractivity contribution in [2.45, 2.75) is 25.9 Å². The zero-order valence-corrected chi connectivity index (χ0v) is 14.5. The summed E-state index contributed by atoms with van der Waals surface area (Å²) in [4.78, 5) is 20.8. The van der Waals surface area contributed by atoms with Gasteiger partial charge in [0.15, 0.2) is 0 Å². The molecule has 0 saturated heterocycles. The molecule has 3 aromatic rings. The molecule has 0 aliphatic carbocycles. The number of carboxylic acid groups (broad SMARTS) is 1. The lowest BCUT2D eigenvalue weighted by Crippen LogP contribution is -2.30. The van der Waals surface area contributed by atoms with Crippen molar-refractivity contribution in [1.29, 1.82) is 0 Å². The Bertz CT molecular complexity index is 954. The molecule has 2 aromatic heterocycles. The topological polar surface area (TPSA) is 84.3 Å². The number of nitrogens with one attached hydrogen (secondary N) is 1. The van der Waals surface area contributed by atoms with Crippen molar-refractivity contribution in [1.82, 2.24) is 9.97 Å². The highest BCUT2D eigenvalue weighted by atomic mass is 32.1. The van der Waals surface area contributed by atoms with Gasteiger partial charge in [0.25, 0.3) is 0 Å². The average Bonchev–Trinajstić information content (AvgIpc) is 2.97. The van der Waals surface area contributed by atoms with Gasteiger partial charge in [-0.15, -0.1) is 11.3 Å². The Kier molecular flexibility index (Phi) is 4.01. The monoisotopic (exact) mass is 355 g/mol. The third kappa shape index (κ3) is 2.91. The largest absolute Gasteiger partial charge is 0.488 e. The first kappa shape index (κ1) is 15.8. The van der Waals surface area contributed by atoms with Gasteiger partial charge < -0.3 is 15.2 Å². The van der Waals surface area contributed by atoms with E-state index in [4.69, 9.17) is 4.74 Å². The molecular formula is C18H17N3O3S. The van der Waals surface area contributed by atoms with Crippen LogP contribution in [0.4, 0.5) is 5.82 Å². The molecule has 1 aromatic carbocycles. The number of aromatic nitrogens is 2. The van der Waals surface area contributed by atoms with Gasteiger partial charge in [-0.2, -0.15) is 0 Å². The van der Waals surface area contributed by atoms with Gasteiger partial charge in [0, 0.05) is 0 Å². The number of anilines is 1. The molecule has 0 amide bonds. The van der Waals surface area contributed by atoms with E-state index >= 15 is 0 Å². The number of para-hydroxylation sites is 1. The van der Waals surface area contributed by atoms with Crippen molar-refractivity contribution in [3.63, 3.8) is 0 Å². The Balaban J connectivity index is 1.55. The van der Waals surface area contributed by atoms with Gasteiger partial charge in [0.1, 0.15) is 33.7 Å². The number of hydrogen-bond donors (Lipinski definition) is 2. The summed E-state index contributed by atoms with van der Waals surface area (Å²) in [6, 6.07) is 8.09. The van der Waals surface area contributed by atoms with Crippen molar-refractivity contribution < 1.29 is 14.6 Å². The van der Waals surface area contributed by atoms with Crippen LogP contribution >= 0.6 is 11.3 Å². The molecule has 6 nitrogen and oxygen atoms in total. The molecule has 0 fully saturated rings. The molecule has 1 aliphatic rings. The molecule has 128 valence electrons. The Morgan fingerprint density at radius 2 is 2.24 bits per heavy atom. The predicted octanol–water partition coefficient (Wildman–Crippen LogP) is 3.50. The molecule has 1 aliphatic heterocycles. The Morgan fingerprint density at radius 3 is 3.08 bits per heavy atom. The molecule has 2 N–H and O–H groups in total. The Hall–Kier alpha value is -2.67. The molecule has 0 radical (unpaired) electrons. The second kappa shape index (κ2) is 6.33. The van der Waals surface area contributed by atoms with Gasteiger partial charge in [-0.3, -0.25) is 0 Å². The van der Waals surface area contributed by atoms with E-state index in [-0.39, 0.29) is 6.10 Å². The number of nitrogens with zero attached hydrogens (tertiary/aromatic N) is 2. The lowest BCUT2D eigenvalue weighted by Gasteiger charge is -2.26. The van der Waals surface area contributed by atoms with E-state index in [0.29, 0.717) is 27.6 Å². The second-order valence-electron chi connectivity index (χ2n) is 6.03. The number of fused-ring (bicyclic) bond motifs is 2. The SMILES string of the molecule is Cc1c(C(=O)O)sc2ncnc(NC[C@H]3CCc4ccccc4O3)c12. The van der Waals surface area contributed by atoms with E-state index in [0.717, 1.165) is 24.0 Å². The molecule has 3 heterocycles. The van der Waals surface area contributed by atoms with Gasteiger partial charge in [-0.25, -0.2) is 14.8 Å². The number of benzene rings is 1. The van der Waals surface area contributed by atoms with Crippen molar-refractivity contribution in [2.75, 3.05) is 11.9 Å². The number of aryl methyl sites for hydroxylation is 2. The molecule has 7 heteroatoms. The maximum atomic E-state index is 11.3. The van der Waals surface area contributed by atoms with Gasteiger partial charge in [-0.05, 0) is 37.0 Å². The summed E-state index contributed by atoms with van der Waals surface area (Å²) in [5, 5.41) is 13.4. The van der Waals surface area contributed by atoms with Gasteiger partial charge in [-0.1, -0.05) is 18.2 Å². The number of carbonyl (C=O) groups is 1. The molecule has 0 bridgehead atoms. The zero-order chi connectivity index (χ0) is 17.4. The fourth-order valence-electron chi connectivity index (χ4n) is 3.14. The number of rotatable bonds is 4. The molecule has 0 unspecified atom stereocenters. The summed E-state index contributed by atoms with van der Waals surface area (Å²) >= 11 is 1.18. The van der Waals surface area contributed by atoms with E-state index < -0.39 is 5.97 Å². The molecular weight excluding hydrogens is 338 g/mol. The van der Waals surface area contributed by atoms with Gasteiger partial charge in [0.2, 0.25) is 0 Å². The maximum Gasteiger partial charge on any atom is 0.346 e. The van der Waals surface area contributed by atoms with Crippen LogP contribution in [0.1, 0.15) is 27.2 Å². The number of aromatic carboxylic acids is 1. The minimum absolute atomic E-state index is 0.0535. The predicted molar refractivity (Wildman–Crippen MR) is 96.8 cm³/mol. The van der Waals surface area contributed by atoms with Gasteiger partial charge >= 0.3 is 5.97 Å². The average molecular weight is 355 g/mol. The highest BCUT2D eigenvalue weighted by molar-refractivity contribution is 7.20. The molecule has 0 saturated carbocycles.